The van der Waals surface area contributed by atoms with Gasteiger partial charge in [-0.25, -0.2) is 0 Å². The molecule has 1 N–H and O–H groups in total. The summed E-state index contributed by atoms with van der Waals surface area (Å²) < 4.78 is 0. The summed E-state index contributed by atoms with van der Waals surface area (Å²) in [6.45, 7) is 11.5. The van der Waals surface area contributed by atoms with Gasteiger partial charge in [-0.15, -0.1) is 6.58 Å². The Morgan fingerprint density at radius 1 is 1.45 bits per heavy atom. The molecule has 0 aromatic rings. The first-order chi connectivity index (χ1) is 5.22. The summed E-state index contributed by atoms with van der Waals surface area (Å²) in [7, 11) is 0. The van der Waals surface area contributed by atoms with Crippen LogP contribution >= 0.6 is 0 Å². The largest absolute Gasteiger partial charge is 0.313 e. The van der Waals surface area contributed by atoms with Crippen molar-refractivity contribution in [1.82, 2.24) is 5.32 Å². The average Bonchev–Trinajstić information content (AvgIpc) is 1.97. The molecule has 0 amide bonds. The second-order valence-electron chi connectivity index (χ2n) is 3.29. The second-order valence-corrected chi connectivity index (χ2v) is 3.29. The SMILES string of the molecule is C=CCCNC(CC)C(C)C. The Bertz CT molecular complexity index is 97.0. The number of nitrogens with one attached hydrogen (secondary N) is 1. The Morgan fingerprint density at radius 3 is 2.45 bits per heavy atom. The van der Waals surface area contributed by atoms with Crippen molar-refractivity contribution in [1.29, 1.82) is 0 Å². The minimum atomic E-state index is 0.676. The van der Waals surface area contributed by atoms with E-state index in [2.05, 4.69) is 32.7 Å². The summed E-state index contributed by atoms with van der Waals surface area (Å²) in [5, 5.41) is 3.50. The van der Waals surface area contributed by atoms with Crippen LogP contribution in [-0.2, 0) is 0 Å². The van der Waals surface area contributed by atoms with Crippen molar-refractivity contribution in [3.05, 3.63) is 12.7 Å². The van der Waals surface area contributed by atoms with Gasteiger partial charge in [0.1, 0.15) is 0 Å². The molecule has 66 valence electrons. The Labute approximate surface area is 70.9 Å². The summed E-state index contributed by atoms with van der Waals surface area (Å²) in [6.07, 6.45) is 4.25. The summed E-state index contributed by atoms with van der Waals surface area (Å²) in [4.78, 5) is 0. The minimum absolute atomic E-state index is 0.676. The first-order valence-electron chi connectivity index (χ1n) is 4.56. The van der Waals surface area contributed by atoms with E-state index >= 15 is 0 Å². The van der Waals surface area contributed by atoms with E-state index in [4.69, 9.17) is 0 Å². The highest BCUT2D eigenvalue weighted by molar-refractivity contribution is 4.72. The van der Waals surface area contributed by atoms with Crippen LogP contribution in [0.1, 0.15) is 33.6 Å². The van der Waals surface area contributed by atoms with E-state index in [-0.39, 0.29) is 0 Å². The zero-order valence-corrected chi connectivity index (χ0v) is 8.06. The predicted octanol–water partition coefficient (Wildman–Crippen LogP) is 2.59. The second kappa shape index (κ2) is 6.41. The summed E-state index contributed by atoms with van der Waals surface area (Å²) in [5.41, 5.74) is 0. The van der Waals surface area contributed by atoms with Gasteiger partial charge >= 0.3 is 0 Å². The highest BCUT2D eigenvalue weighted by Crippen LogP contribution is 2.04. The molecule has 1 unspecified atom stereocenters. The van der Waals surface area contributed by atoms with Gasteiger partial charge < -0.3 is 5.32 Å². The molecular weight excluding hydrogens is 134 g/mol. The third-order valence-electron chi connectivity index (χ3n) is 2.00. The Kier molecular flexibility index (Phi) is 6.24. The molecule has 0 rings (SSSR count). The molecule has 11 heavy (non-hydrogen) atoms. The maximum atomic E-state index is 3.69. The minimum Gasteiger partial charge on any atom is -0.313 e. The normalized spacial score (nSPS) is 13.5. The lowest BCUT2D eigenvalue weighted by Gasteiger charge is -2.20. The van der Waals surface area contributed by atoms with E-state index in [1.807, 2.05) is 6.08 Å². The molecule has 0 saturated carbocycles. The molecule has 0 fully saturated rings. The maximum absolute atomic E-state index is 3.69. The van der Waals surface area contributed by atoms with Gasteiger partial charge in [0.05, 0.1) is 0 Å². The fourth-order valence-corrected chi connectivity index (χ4v) is 1.22. The molecule has 0 heterocycles. The summed E-state index contributed by atoms with van der Waals surface area (Å²) in [6, 6.07) is 0.676. The fraction of sp³-hybridized carbons (Fsp3) is 0.800. The molecule has 1 heteroatoms. The van der Waals surface area contributed by atoms with E-state index in [0.29, 0.717) is 6.04 Å². The van der Waals surface area contributed by atoms with Crippen molar-refractivity contribution in [2.75, 3.05) is 6.54 Å². The number of hydrogen-bond donors (Lipinski definition) is 1. The van der Waals surface area contributed by atoms with Crippen LogP contribution < -0.4 is 5.32 Å². The molecule has 0 aromatic carbocycles. The Morgan fingerprint density at radius 2 is 2.09 bits per heavy atom. The smallest absolute Gasteiger partial charge is 0.00875 e. The van der Waals surface area contributed by atoms with Gasteiger partial charge in [-0.3, -0.25) is 0 Å². The zero-order valence-electron chi connectivity index (χ0n) is 8.06. The van der Waals surface area contributed by atoms with E-state index in [1.165, 1.54) is 6.42 Å². The molecule has 0 aliphatic rings. The van der Waals surface area contributed by atoms with Gasteiger partial charge in [-0.2, -0.15) is 0 Å². The van der Waals surface area contributed by atoms with E-state index < -0.39 is 0 Å². The van der Waals surface area contributed by atoms with E-state index in [9.17, 15) is 0 Å². The maximum Gasteiger partial charge on any atom is 0.00875 e. The van der Waals surface area contributed by atoms with Gasteiger partial charge in [0.2, 0.25) is 0 Å². The lowest BCUT2D eigenvalue weighted by atomic mass is 10.0. The Hall–Kier alpha value is -0.300. The molecule has 1 atom stereocenters. The summed E-state index contributed by atoms with van der Waals surface area (Å²) in [5.74, 6) is 0.741. The van der Waals surface area contributed by atoms with Crippen molar-refractivity contribution in [3.63, 3.8) is 0 Å². The van der Waals surface area contributed by atoms with Crippen LogP contribution in [0.2, 0.25) is 0 Å². The standard InChI is InChI=1S/C10H21N/c1-5-7-8-11-10(6-2)9(3)4/h5,9-11H,1,6-8H2,2-4H3. The topological polar surface area (TPSA) is 12.0 Å². The van der Waals surface area contributed by atoms with E-state index in [0.717, 1.165) is 18.9 Å². The molecule has 0 bridgehead atoms. The molecule has 0 aliphatic heterocycles. The monoisotopic (exact) mass is 155 g/mol. The van der Waals surface area contributed by atoms with Gasteiger partial charge in [0, 0.05) is 6.04 Å². The third kappa shape index (κ3) is 5.02. The number of rotatable bonds is 6. The van der Waals surface area contributed by atoms with Crippen LogP contribution in [0.15, 0.2) is 12.7 Å². The zero-order chi connectivity index (χ0) is 8.69. The average molecular weight is 155 g/mol. The Balaban J connectivity index is 3.43. The molecule has 0 saturated heterocycles. The quantitative estimate of drug-likeness (QED) is 0.459. The van der Waals surface area contributed by atoms with Gasteiger partial charge in [-0.1, -0.05) is 26.8 Å². The summed E-state index contributed by atoms with van der Waals surface area (Å²) >= 11 is 0. The van der Waals surface area contributed by atoms with Crippen molar-refractivity contribution in [2.45, 2.75) is 39.7 Å². The van der Waals surface area contributed by atoms with Crippen LogP contribution in [0.5, 0.6) is 0 Å². The highest BCUT2D eigenvalue weighted by Gasteiger charge is 2.07. The van der Waals surface area contributed by atoms with Gasteiger partial charge in [0.25, 0.3) is 0 Å². The van der Waals surface area contributed by atoms with Crippen molar-refractivity contribution >= 4 is 0 Å². The van der Waals surface area contributed by atoms with Crippen molar-refractivity contribution in [2.24, 2.45) is 5.92 Å². The first kappa shape index (κ1) is 10.7. The van der Waals surface area contributed by atoms with Crippen LogP contribution in [0.25, 0.3) is 0 Å². The van der Waals surface area contributed by atoms with Crippen molar-refractivity contribution in [3.8, 4) is 0 Å². The first-order valence-corrected chi connectivity index (χ1v) is 4.56. The van der Waals surface area contributed by atoms with Crippen LogP contribution in [0, 0.1) is 5.92 Å². The predicted molar refractivity (Wildman–Crippen MR) is 51.7 cm³/mol. The third-order valence-corrected chi connectivity index (χ3v) is 2.00. The molecule has 0 aliphatic carbocycles. The molecule has 0 radical (unpaired) electrons. The molecular formula is C10H21N. The lowest BCUT2D eigenvalue weighted by molar-refractivity contribution is 0.392. The lowest BCUT2D eigenvalue weighted by Crippen LogP contribution is -2.33. The molecule has 1 nitrogen and oxygen atoms in total. The van der Waals surface area contributed by atoms with Crippen LogP contribution in [0.4, 0.5) is 0 Å². The van der Waals surface area contributed by atoms with E-state index in [1.54, 1.807) is 0 Å². The van der Waals surface area contributed by atoms with Gasteiger partial charge in [0.15, 0.2) is 0 Å². The van der Waals surface area contributed by atoms with Gasteiger partial charge in [-0.05, 0) is 25.3 Å². The van der Waals surface area contributed by atoms with Crippen LogP contribution in [0.3, 0.4) is 0 Å². The molecule has 0 aromatic heterocycles. The van der Waals surface area contributed by atoms with Crippen molar-refractivity contribution < 1.29 is 0 Å². The highest BCUT2D eigenvalue weighted by atomic mass is 14.9. The molecule has 0 spiro atoms. The number of hydrogen-bond acceptors (Lipinski definition) is 1. The fourth-order valence-electron chi connectivity index (χ4n) is 1.22. The van der Waals surface area contributed by atoms with Crippen LogP contribution in [-0.4, -0.2) is 12.6 Å².